The maximum Gasteiger partial charge on any atom is 0.305 e. The van der Waals surface area contributed by atoms with Crippen molar-refractivity contribution < 1.29 is 19.7 Å². The smallest absolute Gasteiger partial charge is 0.305 e. The molecule has 0 amide bonds. The molecule has 2 N–H and O–H groups in total. The van der Waals surface area contributed by atoms with E-state index in [0.29, 0.717) is 12.3 Å². The van der Waals surface area contributed by atoms with Gasteiger partial charge in [-0.25, -0.2) is 0 Å². The molecule has 4 heteroatoms. The van der Waals surface area contributed by atoms with Crippen molar-refractivity contribution in [1.29, 1.82) is 0 Å². The molecule has 0 saturated carbocycles. The van der Waals surface area contributed by atoms with E-state index in [1.165, 1.54) is 25.5 Å². The average molecular weight is 405 g/mol. The van der Waals surface area contributed by atoms with E-state index in [4.69, 9.17) is 0 Å². The topological polar surface area (TPSA) is 66.8 Å². The third-order valence-electron chi connectivity index (χ3n) is 6.48. The molecule has 4 atom stereocenters. The number of fused-ring (bicyclic) bond motifs is 1. The van der Waals surface area contributed by atoms with Crippen LogP contribution in [0.5, 0.6) is 0 Å². The van der Waals surface area contributed by atoms with Crippen molar-refractivity contribution >= 4 is 5.97 Å². The number of carbonyl (C=O) groups excluding carboxylic acids is 1. The lowest BCUT2D eigenvalue weighted by Gasteiger charge is -2.24. The van der Waals surface area contributed by atoms with E-state index in [0.717, 1.165) is 63.4 Å². The molecule has 1 aliphatic carbocycles. The van der Waals surface area contributed by atoms with Gasteiger partial charge in [-0.05, 0) is 55.1 Å². The van der Waals surface area contributed by atoms with Gasteiger partial charge >= 0.3 is 5.97 Å². The molecule has 29 heavy (non-hydrogen) atoms. The lowest BCUT2D eigenvalue weighted by atomic mass is 9.83. The summed E-state index contributed by atoms with van der Waals surface area (Å²) in [5, 5.41) is 21.3. The van der Waals surface area contributed by atoms with Crippen LogP contribution in [0, 0.1) is 5.92 Å². The van der Waals surface area contributed by atoms with Gasteiger partial charge in [0.15, 0.2) is 0 Å². The molecule has 2 rings (SSSR count). The quantitative estimate of drug-likeness (QED) is 0.310. The van der Waals surface area contributed by atoms with Crippen LogP contribution in [0.15, 0.2) is 24.3 Å². The molecular weight excluding hydrogens is 364 g/mol. The minimum Gasteiger partial charge on any atom is -0.469 e. The standard InChI is InChI=1S/C25H40O4/c1-3-4-7-12-19(26)17-18-21-20-13-10-11-15-22(20)25(28)23(21)14-8-5-6-9-16-24(27)29-2/h10-11,13,15,19,21,23,25-26,28H,3-9,12,14,16-18H2,1-2H3. The second-order valence-electron chi connectivity index (χ2n) is 8.60. The van der Waals surface area contributed by atoms with Gasteiger partial charge in [-0.2, -0.15) is 0 Å². The van der Waals surface area contributed by atoms with E-state index in [-0.39, 0.29) is 18.0 Å². The van der Waals surface area contributed by atoms with Gasteiger partial charge in [-0.3, -0.25) is 4.79 Å². The third-order valence-corrected chi connectivity index (χ3v) is 6.48. The average Bonchev–Trinajstić information content (AvgIpc) is 3.00. The van der Waals surface area contributed by atoms with Gasteiger partial charge in [-0.15, -0.1) is 0 Å². The molecule has 0 fully saturated rings. The largest absolute Gasteiger partial charge is 0.469 e. The molecule has 4 unspecified atom stereocenters. The summed E-state index contributed by atoms with van der Waals surface area (Å²) in [4.78, 5) is 11.2. The van der Waals surface area contributed by atoms with E-state index in [2.05, 4.69) is 29.9 Å². The lowest BCUT2D eigenvalue weighted by Crippen LogP contribution is -2.15. The summed E-state index contributed by atoms with van der Waals surface area (Å²) in [6, 6.07) is 8.28. The van der Waals surface area contributed by atoms with Crippen molar-refractivity contribution in [2.75, 3.05) is 7.11 Å². The first-order valence-corrected chi connectivity index (χ1v) is 11.6. The number of unbranched alkanes of at least 4 members (excludes halogenated alkanes) is 5. The van der Waals surface area contributed by atoms with E-state index in [1.54, 1.807) is 0 Å². The van der Waals surface area contributed by atoms with E-state index in [9.17, 15) is 15.0 Å². The molecular formula is C25H40O4. The zero-order chi connectivity index (χ0) is 21.1. The second-order valence-corrected chi connectivity index (χ2v) is 8.60. The zero-order valence-electron chi connectivity index (χ0n) is 18.3. The molecule has 0 aromatic heterocycles. The Morgan fingerprint density at radius 3 is 2.45 bits per heavy atom. The van der Waals surface area contributed by atoms with E-state index < -0.39 is 6.10 Å². The number of benzene rings is 1. The number of ether oxygens (including phenoxy) is 1. The number of hydrogen-bond acceptors (Lipinski definition) is 4. The Bertz CT molecular complexity index is 600. The van der Waals surface area contributed by atoms with Crippen molar-refractivity contribution in [3.8, 4) is 0 Å². The van der Waals surface area contributed by atoms with Gasteiger partial charge in [0.05, 0.1) is 19.3 Å². The first kappa shape index (κ1) is 23.9. The molecule has 1 aliphatic rings. The fraction of sp³-hybridized carbons (Fsp3) is 0.720. The summed E-state index contributed by atoms with van der Waals surface area (Å²) in [6.07, 6.45) is 11.0. The molecule has 0 aliphatic heterocycles. The number of aliphatic hydroxyl groups is 2. The van der Waals surface area contributed by atoms with Gasteiger partial charge in [0.1, 0.15) is 0 Å². The summed E-state index contributed by atoms with van der Waals surface area (Å²) < 4.78 is 4.69. The molecule has 0 heterocycles. The normalized spacial score (nSPS) is 21.7. The molecule has 4 nitrogen and oxygen atoms in total. The molecule has 0 bridgehead atoms. The summed E-state index contributed by atoms with van der Waals surface area (Å²) in [5.41, 5.74) is 2.35. The van der Waals surface area contributed by atoms with Crippen LogP contribution in [0.2, 0.25) is 0 Å². The molecule has 0 radical (unpaired) electrons. The highest BCUT2D eigenvalue weighted by atomic mass is 16.5. The highest BCUT2D eigenvalue weighted by molar-refractivity contribution is 5.68. The van der Waals surface area contributed by atoms with Crippen LogP contribution >= 0.6 is 0 Å². The van der Waals surface area contributed by atoms with Crippen LogP contribution < -0.4 is 0 Å². The lowest BCUT2D eigenvalue weighted by molar-refractivity contribution is -0.140. The first-order valence-electron chi connectivity index (χ1n) is 11.6. The van der Waals surface area contributed by atoms with Gasteiger partial charge in [-0.1, -0.05) is 69.7 Å². The summed E-state index contributed by atoms with van der Waals surface area (Å²) in [5.74, 6) is 0.428. The number of hydrogen-bond donors (Lipinski definition) is 2. The number of carbonyl (C=O) groups is 1. The molecule has 1 aromatic rings. The SMILES string of the molecule is CCCCCC(O)CCC1c2ccccc2C(O)C1CCCCCCC(=O)OC. The Hall–Kier alpha value is -1.39. The first-order chi connectivity index (χ1) is 14.1. The molecule has 1 aromatic carbocycles. The monoisotopic (exact) mass is 404 g/mol. The highest BCUT2D eigenvalue weighted by Gasteiger charge is 2.38. The van der Waals surface area contributed by atoms with E-state index in [1.807, 2.05) is 6.07 Å². The Balaban J connectivity index is 1.85. The van der Waals surface area contributed by atoms with Crippen molar-refractivity contribution in [2.45, 2.75) is 102 Å². The van der Waals surface area contributed by atoms with Crippen LogP contribution in [0.3, 0.4) is 0 Å². The third kappa shape index (κ3) is 7.42. The maximum absolute atomic E-state index is 11.2. The maximum atomic E-state index is 11.2. The van der Waals surface area contributed by atoms with Crippen molar-refractivity contribution in [3.05, 3.63) is 35.4 Å². The number of esters is 1. The molecule has 164 valence electrons. The predicted molar refractivity (Wildman–Crippen MR) is 117 cm³/mol. The van der Waals surface area contributed by atoms with Gasteiger partial charge in [0, 0.05) is 6.42 Å². The Morgan fingerprint density at radius 1 is 1.00 bits per heavy atom. The summed E-state index contributed by atoms with van der Waals surface area (Å²) in [7, 11) is 1.43. The van der Waals surface area contributed by atoms with Crippen LogP contribution in [0.1, 0.15) is 107 Å². The number of aliphatic hydroxyl groups excluding tert-OH is 2. The van der Waals surface area contributed by atoms with Crippen molar-refractivity contribution in [1.82, 2.24) is 0 Å². The van der Waals surface area contributed by atoms with Crippen LogP contribution in [-0.4, -0.2) is 29.4 Å². The van der Waals surface area contributed by atoms with Crippen LogP contribution in [0.25, 0.3) is 0 Å². The van der Waals surface area contributed by atoms with Crippen LogP contribution in [-0.2, 0) is 9.53 Å². The van der Waals surface area contributed by atoms with Gasteiger partial charge in [0.25, 0.3) is 0 Å². The minimum absolute atomic E-state index is 0.135. The predicted octanol–water partition coefficient (Wildman–Crippen LogP) is 5.67. The second kappa shape index (κ2) is 13.0. The number of methoxy groups -OCH3 is 1. The fourth-order valence-electron chi connectivity index (χ4n) is 4.78. The van der Waals surface area contributed by atoms with E-state index >= 15 is 0 Å². The minimum atomic E-state index is -0.400. The summed E-state index contributed by atoms with van der Waals surface area (Å²) in [6.45, 7) is 2.18. The Labute approximate surface area is 176 Å². The van der Waals surface area contributed by atoms with Gasteiger partial charge in [0.2, 0.25) is 0 Å². The highest BCUT2D eigenvalue weighted by Crippen LogP contribution is 2.49. The Kier molecular flexibility index (Phi) is 10.7. The van der Waals surface area contributed by atoms with Crippen LogP contribution in [0.4, 0.5) is 0 Å². The summed E-state index contributed by atoms with van der Waals surface area (Å²) >= 11 is 0. The van der Waals surface area contributed by atoms with Crippen molar-refractivity contribution in [2.24, 2.45) is 5.92 Å². The fourth-order valence-corrected chi connectivity index (χ4v) is 4.78. The zero-order valence-corrected chi connectivity index (χ0v) is 18.3. The van der Waals surface area contributed by atoms with Gasteiger partial charge < -0.3 is 14.9 Å². The molecule has 0 spiro atoms. The Morgan fingerprint density at radius 2 is 1.72 bits per heavy atom. The number of rotatable bonds is 14. The molecule has 0 saturated heterocycles. The van der Waals surface area contributed by atoms with Crippen molar-refractivity contribution in [3.63, 3.8) is 0 Å².